The van der Waals surface area contributed by atoms with Gasteiger partial charge in [0.05, 0.1) is 6.20 Å². The molecule has 0 saturated carbocycles. The number of halogens is 2. The molecule has 0 aliphatic carbocycles. The molecular weight excluding hydrogens is 458 g/mol. The second-order valence-corrected chi connectivity index (χ2v) is 6.31. The quantitative estimate of drug-likeness (QED) is 0.209. The van der Waals surface area contributed by atoms with Crippen LogP contribution in [0.5, 0.6) is 0 Å². The Balaban J connectivity index is 0.00000261. The lowest BCUT2D eigenvalue weighted by Crippen LogP contribution is -2.38. The van der Waals surface area contributed by atoms with Gasteiger partial charge in [0.25, 0.3) is 0 Å². The lowest BCUT2D eigenvalue weighted by Gasteiger charge is -2.11. The third kappa shape index (κ3) is 5.95. The zero-order chi connectivity index (χ0) is 18.4. The Kier molecular flexibility index (Phi) is 8.08. The lowest BCUT2D eigenvalue weighted by atomic mass is 10.1. The molecule has 0 amide bonds. The zero-order valence-electron chi connectivity index (χ0n) is 15.6. The van der Waals surface area contributed by atoms with E-state index < -0.39 is 0 Å². The van der Waals surface area contributed by atoms with E-state index in [0.717, 1.165) is 49.2 Å². The van der Waals surface area contributed by atoms with Crippen LogP contribution in [0.15, 0.2) is 41.8 Å². The van der Waals surface area contributed by atoms with Crippen LogP contribution in [0.1, 0.15) is 17.5 Å². The molecule has 146 valence electrons. The summed E-state index contributed by atoms with van der Waals surface area (Å²) in [4.78, 5) is 7.37. The molecule has 0 aliphatic heterocycles. The number of rotatable bonds is 7. The van der Waals surface area contributed by atoms with Crippen LogP contribution < -0.4 is 10.6 Å². The maximum Gasteiger partial charge on any atom is 0.190 e. The van der Waals surface area contributed by atoms with E-state index in [2.05, 4.69) is 25.7 Å². The summed E-state index contributed by atoms with van der Waals surface area (Å²) in [6.07, 6.45) is 8.72. The fraction of sp³-hybridized carbons (Fsp3) is 0.368. The number of fused-ring (bicyclic) bond motifs is 1. The maximum atomic E-state index is 13.2. The van der Waals surface area contributed by atoms with Crippen molar-refractivity contribution in [2.24, 2.45) is 12.0 Å². The summed E-state index contributed by atoms with van der Waals surface area (Å²) < 4.78 is 15.1. The highest BCUT2D eigenvalue weighted by atomic mass is 127. The van der Waals surface area contributed by atoms with E-state index in [9.17, 15) is 4.39 Å². The summed E-state index contributed by atoms with van der Waals surface area (Å²) in [5, 5.41) is 11.9. The van der Waals surface area contributed by atoms with E-state index >= 15 is 0 Å². The molecule has 3 N–H and O–H groups in total. The average Bonchev–Trinajstić information content (AvgIpc) is 3.22. The third-order valence-corrected chi connectivity index (χ3v) is 4.33. The van der Waals surface area contributed by atoms with Gasteiger partial charge in [-0.1, -0.05) is 0 Å². The van der Waals surface area contributed by atoms with E-state index in [1.54, 1.807) is 7.05 Å². The number of nitrogens with one attached hydrogen (secondary N) is 3. The second kappa shape index (κ2) is 10.3. The molecule has 3 rings (SSSR count). The van der Waals surface area contributed by atoms with Crippen LogP contribution in [-0.2, 0) is 19.9 Å². The van der Waals surface area contributed by atoms with Crippen molar-refractivity contribution >= 4 is 40.8 Å². The van der Waals surface area contributed by atoms with Gasteiger partial charge >= 0.3 is 0 Å². The Morgan fingerprint density at radius 2 is 2.07 bits per heavy atom. The van der Waals surface area contributed by atoms with E-state index in [0.29, 0.717) is 0 Å². The number of aliphatic imine (C=N–C) groups is 1. The van der Waals surface area contributed by atoms with Crippen LogP contribution >= 0.6 is 24.0 Å². The highest BCUT2D eigenvalue weighted by Gasteiger charge is 2.05. The van der Waals surface area contributed by atoms with Crippen molar-refractivity contribution in [2.75, 3.05) is 20.1 Å². The van der Waals surface area contributed by atoms with Crippen LogP contribution in [0, 0.1) is 5.82 Å². The molecule has 0 aliphatic rings. The third-order valence-electron chi connectivity index (χ3n) is 4.33. The Morgan fingerprint density at radius 3 is 2.81 bits per heavy atom. The molecule has 2 aromatic heterocycles. The highest BCUT2D eigenvalue weighted by Crippen LogP contribution is 2.19. The van der Waals surface area contributed by atoms with Gasteiger partial charge in [-0.05, 0) is 48.6 Å². The smallest absolute Gasteiger partial charge is 0.190 e. The first-order valence-electron chi connectivity index (χ1n) is 8.83. The van der Waals surface area contributed by atoms with Crippen molar-refractivity contribution in [1.82, 2.24) is 25.4 Å². The number of aromatic nitrogens is 3. The summed E-state index contributed by atoms with van der Waals surface area (Å²) in [7, 11) is 3.70. The number of aromatic amines is 1. The standard InChI is InChI=1S/C19H25FN6.HI/c1-21-19(22-8-3-4-14-11-25-26(2)13-14)23-9-7-15-12-24-18-10-16(20)5-6-17(15)18;/h5-6,10-13,24H,3-4,7-9H2,1-2H3,(H2,21,22,23);1H. The number of guanidine groups is 1. The first-order valence-corrected chi connectivity index (χ1v) is 8.83. The molecule has 3 aromatic rings. The number of hydrogen-bond acceptors (Lipinski definition) is 2. The Bertz CT molecular complexity index is 885. The largest absolute Gasteiger partial charge is 0.361 e. The van der Waals surface area contributed by atoms with Crippen molar-refractivity contribution in [3.63, 3.8) is 0 Å². The molecular formula is C19H26FIN6. The molecule has 8 heteroatoms. The maximum absolute atomic E-state index is 13.2. The van der Waals surface area contributed by atoms with Crippen molar-refractivity contribution in [2.45, 2.75) is 19.3 Å². The summed E-state index contributed by atoms with van der Waals surface area (Å²) in [5.41, 5.74) is 3.24. The minimum Gasteiger partial charge on any atom is -0.361 e. The average molecular weight is 484 g/mol. The first-order chi connectivity index (χ1) is 12.7. The molecule has 0 unspecified atom stereocenters. The lowest BCUT2D eigenvalue weighted by molar-refractivity contribution is 0.629. The monoisotopic (exact) mass is 484 g/mol. The Labute approximate surface area is 175 Å². The van der Waals surface area contributed by atoms with Crippen molar-refractivity contribution in [3.8, 4) is 0 Å². The normalized spacial score (nSPS) is 11.4. The molecule has 0 radical (unpaired) electrons. The molecule has 0 spiro atoms. The molecule has 2 heterocycles. The van der Waals surface area contributed by atoms with Crippen molar-refractivity contribution < 1.29 is 4.39 Å². The van der Waals surface area contributed by atoms with Gasteiger partial charge in [0.2, 0.25) is 0 Å². The van der Waals surface area contributed by atoms with E-state index in [1.807, 2.05) is 36.4 Å². The van der Waals surface area contributed by atoms with Gasteiger partial charge < -0.3 is 15.6 Å². The predicted molar refractivity (Wildman–Crippen MR) is 118 cm³/mol. The molecule has 0 saturated heterocycles. The first kappa shape index (κ1) is 21.2. The van der Waals surface area contributed by atoms with Gasteiger partial charge in [-0.3, -0.25) is 9.67 Å². The highest BCUT2D eigenvalue weighted by molar-refractivity contribution is 14.0. The van der Waals surface area contributed by atoms with Crippen LogP contribution in [-0.4, -0.2) is 40.9 Å². The van der Waals surface area contributed by atoms with Crippen molar-refractivity contribution in [1.29, 1.82) is 0 Å². The number of aryl methyl sites for hydroxylation is 2. The molecule has 0 atom stereocenters. The number of hydrogen-bond donors (Lipinski definition) is 3. The van der Waals surface area contributed by atoms with Crippen molar-refractivity contribution in [3.05, 3.63) is 53.7 Å². The van der Waals surface area contributed by atoms with Gasteiger partial charge in [-0.15, -0.1) is 24.0 Å². The molecule has 0 fully saturated rings. The van der Waals surface area contributed by atoms with Gasteiger partial charge in [0.1, 0.15) is 5.82 Å². The molecule has 6 nitrogen and oxygen atoms in total. The van der Waals surface area contributed by atoms with Gasteiger partial charge in [-0.25, -0.2) is 4.39 Å². The van der Waals surface area contributed by atoms with Crippen LogP contribution in [0.3, 0.4) is 0 Å². The number of nitrogens with zero attached hydrogens (tertiary/aromatic N) is 3. The van der Waals surface area contributed by atoms with Gasteiger partial charge in [0, 0.05) is 50.5 Å². The fourth-order valence-electron chi connectivity index (χ4n) is 3.00. The van der Waals surface area contributed by atoms with E-state index in [-0.39, 0.29) is 29.8 Å². The SMILES string of the molecule is CN=C(NCCCc1cnn(C)c1)NCCc1c[nH]c2cc(F)ccc12.I. The second-order valence-electron chi connectivity index (χ2n) is 6.31. The molecule has 0 bridgehead atoms. The zero-order valence-corrected chi connectivity index (χ0v) is 18.0. The predicted octanol–water partition coefficient (Wildman–Crippen LogP) is 3.00. The molecule has 1 aromatic carbocycles. The van der Waals surface area contributed by atoms with Crippen LogP contribution in [0.2, 0.25) is 0 Å². The topological polar surface area (TPSA) is 70.0 Å². The number of benzene rings is 1. The minimum atomic E-state index is -0.222. The summed E-state index contributed by atoms with van der Waals surface area (Å²) in [6.45, 7) is 1.60. The number of H-pyrrole nitrogens is 1. The van der Waals surface area contributed by atoms with Crippen LogP contribution in [0.25, 0.3) is 10.9 Å². The summed E-state index contributed by atoms with van der Waals surface area (Å²) in [5.74, 6) is 0.571. The van der Waals surface area contributed by atoms with E-state index in [4.69, 9.17) is 0 Å². The van der Waals surface area contributed by atoms with E-state index in [1.165, 1.54) is 23.3 Å². The van der Waals surface area contributed by atoms with Crippen LogP contribution in [0.4, 0.5) is 4.39 Å². The fourth-order valence-corrected chi connectivity index (χ4v) is 3.00. The summed E-state index contributed by atoms with van der Waals surface area (Å²) >= 11 is 0. The summed E-state index contributed by atoms with van der Waals surface area (Å²) in [6, 6.07) is 4.84. The Hall–Kier alpha value is -2.10. The Morgan fingerprint density at radius 1 is 1.26 bits per heavy atom. The minimum absolute atomic E-state index is 0. The molecule has 27 heavy (non-hydrogen) atoms. The van der Waals surface area contributed by atoms with Gasteiger partial charge in [0.15, 0.2) is 5.96 Å². The van der Waals surface area contributed by atoms with Gasteiger partial charge in [-0.2, -0.15) is 5.10 Å².